The molecule has 2 N–H and O–H groups in total. The van der Waals surface area contributed by atoms with Gasteiger partial charge in [-0.2, -0.15) is 0 Å². The highest BCUT2D eigenvalue weighted by Crippen LogP contribution is 2.12. The van der Waals surface area contributed by atoms with Crippen LogP contribution in [0.1, 0.15) is 20.7 Å². The Balaban J connectivity index is 0.000000184. The molecule has 0 bridgehead atoms. The van der Waals surface area contributed by atoms with E-state index in [1.807, 2.05) is 18.2 Å². The summed E-state index contributed by atoms with van der Waals surface area (Å²) in [7, 11) is 0. The van der Waals surface area contributed by atoms with Crippen molar-refractivity contribution in [2.45, 2.75) is 0 Å². The number of benzene rings is 2. The molecule has 24 heavy (non-hydrogen) atoms. The third-order valence-corrected chi connectivity index (χ3v) is 2.69. The summed E-state index contributed by atoms with van der Waals surface area (Å²) in [6.45, 7) is 0. The lowest BCUT2D eigenvalue weighted by Gasteiger charge is -1.91. The number of aldehydes is 2. The summed E-state index contributed by atoms with van der Waals surface area (Å²) in [6.07, 6.45) is 4.74. The first kappa shape index (κ1) is 18.6. The van der Waals surface area contributed by atoms with E-state index in [1.54, 1.807) is 48.8 Å². The first-order valence-corrected chi connectivity index (χ1v) is 7.00. The number of aromatic hydroxyl groups is 2. The van der Waals surface area contributed by atoms with Crippen molar-refractivity contribution in [1.82, 2.24) is 4.98 Å². The molecule has 2 aromatic carbocycles. The van der Waals surface area contributed by atoms with Crippen molar-refractivity contribution < 1.29 is 19.8 Å². The van der Waals surface area contributed by atoms with Crippen molar-refractivity contribution in [3.05, 3.63) is 90.3 Å². The summed E-state index contributed by atoms with van der Waals surface area (Å²) >= 11 is 0. The van der Waals surface area contributed by atoms with E-state index in [0.29, 0.717) is 23.7 Å². The van der Waals surface area contributed by atoms with Crippen molar-refractivity contribution in [3.8, 4) is 11.5 Å². The van der Waals surface area contributed by atoms with Gasteiger partial charge >= 0.3 is 0 Å². The normalized spacial score (nSPS) is 8.67. The number of phenols is 2. The van der Waals surface area contributed by atoms with Crippen LogP contribution in [0.25, 0.3) is 0 Å². The van der Waals surface area contributed by atoms with Gasteiger partial charge in [0, 0.05) is 12.4 Å². The highest BCUT2D eigenvalue weighted by molar-refractivity contribution is 5.79. The SMILES string of the molecule is O=Cc1ccccc1O.O=Cc1ccccc1O.c1ccncc1. The van der Waals surface area contributed by atoms with E-state index >= 15 is 0 Å². The molecule has 0 unspecified atom stereocenters. The van der Waals surface area contributed by atoms with Crippen LogP contribution in [0.5, 0.6) is 11.5 Å². The monoisotopic (exact) mass is 323 g/mol. The van der Waals surface area contributed by atoms with Gasteiger partial charge in [-0.3, -0.25) is 14.6 Å². The molecule has 122 valence electrons. The molecular weight excluding hydrogens is 306 g/mol. The van der Waals surface area contributed by atoms with Gasteiger partial charge < -0.3 is 10.2 Å². The zero-order chi connectivity index (χ0) is 17.6. The van der Waals surface area contributed by atoms with Crippen LogP contribution in [0, 0.1) is 0 Å². The quantitative estimate of drug-likeness (QED) is 0.705. The largest absolute Gasteiger partial charge is 0.507 e. The van der Waals surface area contributed by atoms with E-state index in [4.69, 9.17) is 10.2 Å². The zero-order valence-electron chi connectivity index (χ0n) is 12.8. The molecule has 5 nitrogen and oxygen atoms in total. The molecular formula is C19H17NO4. The highest BCUT2D eigenvalue weighted by Gasteiger charge is 1.93. The number of pyridine rings is 1. The van der Waals surface area contributed by atoms with E-state index in [2.05, 4.69) is 4.98 Å². The molecule has 3 rings (SSSR count). The van der Waals surface area contributed by atoms with Crippen molar-refractivity contribution in [2.75, 3.05) is 0 Å². The number of carbonyl (C=O) groups excluding carboxylic acids is 2. The standard InChI is InChI=1S/2C7H6O2.C5H5N/c2*8-5-6-3-1-2-4-7(6)9;1-2-4-6-5-3-1/h2*1-5,9H;1-5H. The van der Waals surface area contributed by atoms with Gasteiger partial charge in [-0.15, -0.1) is 0 Å². The predicted molar refractivity (Wildman–Crippen MR) is 91.2 cm³/mol. The summed E-state index contributed by atoms with van der Waals surface area (Å²) in [5, 5.41) is 17.8. The van der Waals surface area contributed by atoms with Crippen LogP contribution < -0.4 is 0 Å². The van der Waals surface area contributed by atoms with E-state index < -0.39 is 0 Å². The Morgan fingerprint density at radius 1 is 0.625 bits per heavy atom. The lowest BCUT2D eigenvalue weighted by Crippen LogP contribution is -1.77. The summed E-state index contributed by atoms with van der Waals surface area (Å²) in [5.41, 5.74) is 0.662. The van der Waals surface area contributed by atoms with Crippen molar-refractivity contribution in [3.63, 3.8) is 0 Å². The second-order valence-electron chi connectivity index (χ2n) is 4.38. The molecule has 0 aliphatic rings. The fourth-order valence-corrected chi connectivity index (χ4v) is 1.49. The number of rotatable bonds is 2. The van der Waals surface area contributed by atoms with E-state index in [1.165, 1.54) is 12.1 Å². The minimum atomic E-state index is 0.0347. The molecule has 3 aromatic rings. The van der Waals surface area contributed by atoms with Gasteiger partial charge in [0.1, 0.15) is 11.5 Å². The second kappa shape index (κ2) is 11.1. The number of phenolic OH excluding ortho intramolecular Hbond substituents is 2. The molecule has 1 heterocycles. The van der Waals surface area contributed by atoms with Crippen molar-refractivity contribution in [2.24, 2.45) is 0 Å². The minimum absolute atomic E-state index is 0.0347. The fourth-order valence-electron chi connectivity index (χ4n) is 1.49. The summed E-state index contributed by atoms with van der Waals surface area (Å²) in [6, 6.07) is 18.5. The first-order valence-electron chi connectivity index (χ1n) is 7.00. The van der Waals surface area contributed by atoms with Crippen LogP contribution >= 0.6 is 0 Å². The molecule has 0 saturated carbocycles. The Morgan fingerprint density at radius 2 is 1.04 bits per heavy atom. The second-order valence-corrected chi connectivity index (χ2v) is 4.38. The van der Waals surface area contributed by atoms with Crippen LogP contribution in [0.15, 0.2) is 79.1 Å². The minimum Gasteiger partial charge on any atom is -0.507 e. The summed E-state index contributed by atoms with van der Waals surface area (Å²) in [5.74, 6) is 0.0694. The lowest BCUT2D eigenvalue weighted by atomic mass is 10.2. The van der Waals surface area contributed by atoms with Crippen LogP contribution in [0.4, 0.5) is 0 Å². The molecule has 0 spiro atoms. The van der Waals surface area contributed by atoms with E-state index in [9.17, 15) is 9.59 Å². The predicted octanol–water partition coefficient (Wildman–Crippen LogP) is 3.49. The molecule has 0 saturated heterocycles. The smallest absolute Gasteiger partial charge is 0.153 e. The third-order valence-electron chi connectivity index (χ3n) is 2.69. The Hall–Kier alpha value is -3.47. The van der Waals surface area contributed by atoms with Gasteiger partial charge in [0.05, 0.1) is 11.1 Å². The highest BCUT2D eigenvalue weighted by atomic mass is 16.3. The third kappa shape index (κ3) is 7.00. The average Bonchev–Trinajstić information content (AvgIpc) is 2.65. The molecule has 0 aliphatic carbocycles. The number of para-hydroxylation sites is 2. The maximum absolute atomic E-state index is 10.1. The summed E-state index contributed by atoms with van der Waals surface area (Å²) in [4.78, 5) is 23.9. The molecule has 0 radical (unpaired) electrons. The van der Waals surface area contributed by atoms with Gasteiger partial charge in [0.15, 0.2) is 12.6 Å². The Morgan fingerprint density at radius 3 is 1.25 bits per heavy atom. The number of aromatic nitrogens is 1. The van der Waals surface area contributed by atoms with Gasteiger partial charge in [-0.1, -0.05) is 30.3 Å². The van der Waals surface area contributed by atoms with Crippen LogP contribution in [0.2, 0.25) is 0 Å². The molecule has 0 fully saturated rings. The molecule has 0 atom stereocenters. The maximum Gasteiger partial charge on any atom is 0.153 e. The van der Waals surface area contributed by atoms with E-state index in [0.717, 1.165) is 0 Å². The van der Waals surface area contributed by atoms with Crippen molar-refractivity contribution in [1.29, 1.82) is 0 Å². The molecule has 0 amide bonds. The lowest BCUT2D eigenvalue weighted by molar-refractivity contribution is 0.111. The Labute approximate surface area is 139 Å². The Bertz CT molecular complexity index is 669. The van der Waals surface area contributed by atoms with Crippen LogP contribution in [0.3, 0.4) is 0 Å². The topological polar surface area (TPSA) is 87.5 Å². The first-order chi connectivity index (χ1) is 11.7. The van der Waals surface area contributed by atoms with Crippen molar-refractivity contribution >= 4 is 12.6 Å². The number of hydrogen-bond acceptors (Lipinski definition) is 5. The summed E-state index contributed by atoms with van der Waals surface area (Å²) < 4.78 is 0. The van der Waals surface area contributed by atoms with Crippen LogP contribution in [-0.2, 0) is 0 Å². The van der Waals surface area contributed by atoms with Gasteiger partial charge in [-0.05, 0) is 36.4 Å². The van der Waals surface area contributed by atoms with Gasteiger partial charge in [-0.25, -0.2) is 0 Å². The van der Waals surface area contributed by atoms with Gasteiger partial charge in [0.2, 0.25) is 0 Å². The van der Waals surface area contributed by atoms with Gasteiger partial charge in [0.25, 0.3) is 0 Å². The molecule has 5 heteroatoms. The fraction of sp³-hybridized carbons (Fsp3) is 0. The zero-order valence-corrected chi connectivity index (χ0v) is 12.8. The number of carbonyl (C=O) groups is 2. The van der Waals surface area contributed by atoms with E-state index in [-0.39, 0.29) is 11.5 Å². The van der Waals surface area contributed by atoms with Crippen LogP contribution in [-0.4, -0.2) is 27.8 Å². The number of nitrogens with zero attached hydrogens (tertiary/aromatic N) is 1. The molecule has 1 aromatic heterocycles. The maximum atomic E-state index is 10.1. The number of hydrogen-bond donors (Lipinski definition) is 2. The Kier molecular flexibility index (Phi) is 8.63. The average molecular weight is 323 g/mol. The molecule has 0 aliphatic heterocycles.